The van der Waals surface area contributed by atoms with Crippen LogP contribution in [-0.4, -0.2) is 4.92 Å². The van der Waals surface area contributed by atoms with E-state index in [-0.39, 0.29) is 11.4 Å². The SMILES string of the molecule is Cc1c(N)ccc([N+](=O)[O-])c1N. The number of nitro groups is 1. The van der Waals surface area contributed by atoms with E-state index < -0.39 is 4.92 Å². The molecule has 1 aromatic carbocycles. The molecule has 0 saturated heterocycles. The van der Waals surface area contributed by atoms with Gasteiger partial charge >= 0.3 is 0 Å². The van der Waals surface area contributed by atoms with Gasteiger partial charge in [-0.25, -0.2) is 0 Å². The van der Waals surface area contributed by atoms with Crippen LogP contribution in [0.3, 0.4) is 0 Å². The van der Waals surface area contributed by atoms with Crippen molar-refractivity contribution >= 4 is 17.1 Å². The van der Waals surface area contributed by atoms with Gasteiger partial charge in [0, 0.05) is 17.3 Å². The van der Waals surface area contributed by atoms with Crippen molar-refractivity contribution in [3.8, 4) is 0 Å². The summed E-state index contributed by atoms with van der Waals surface area (Å²) >= 11 is 0. The Kier molecular flexibility index (Phi) is 1.86. The number of anilines is 2. The number of rotatable bonds is 1. The molecule has 64 valence electrons. The van der Waals surface area contributed by atoms with E-state index in [2.05, 4.69) is 0 Å². The van der Waals surface area contributed by atoms with Gasteiger partial charge in [-0.05, 0) is 13.0 Å². The molecule has 0 aliphatic rings. The summed E-state index contributed by atoms with van der Waals surface area (Å²) in [5.74, 6) is 0. The van der Waals surface area contributed by atoms with Crippen molar-refractivity contribution < 1.29 is 4.92 Å². The Balaban J connectivity index is 3.36. The fraction of sp³-hybridized carbons (Fsp3) is 0.143. The first-order valence-corrected chi connectivity index (χ1v) is 3.33. The van der Waals surface area contributed by atoms with E-state index in [0.29, 0.717) is 11.3 Å². The average Bonchev–Trinajstić information content (AvgIpc) is 2.00. The first-order chi connectivity index (χ1) is 5.54. The maximum absolute atomic E-state index is 10.4. The Morgan fingerprint density at radius 2 is 2.00 bits per heavy atom. The predicted octanol–water partition coefficient (Wildman–Crippen LogP) is 1.07. The number of benzene rings is 1. The van der Waals surface area contributed by atoms with E-state index in [1.807, 2.05) is 0 Å². The fourth-order valence-corrected chi connectivity index (χ4v) is 0.890. The molecular weight excluding hydrogens is 158 g/mol. The maximum Gasteiger partial charge on any atom is 0.292 e. The average molecular weight is 167 g/mol. The molecule has 1 aromatic rings. The smallest absolute Gasteiger partial charge is 0.292 e. The van der Waals surface area contributed by atoms with Gasteiger partial charge in [0.05, 0.1) is 4.92 Å². The lowest BCUT2D eigenvalue weighted by atomic mass is 10.1. The topological polar surface area (TPSA) is 95.2 Å². The molecule has 0 spiro atoms. The van der Waals surface area contributed by atoms with Crippen LogP contribution in [0.2, 0.25) is 0 Å². The monoisotopic (exact) mass is 167 g/mol. The van der Waals surface area contributed by atoms with Crippen molar-refractivity contribution in [2.24, 2.45) is 0 Å². The third-order valence-electron chi connectivity index (χ3n) is 1.73. The Morgan fingerprint density at radius 1 is 1.42 bits per heavy atom. The highest BCUT2D eigenvalue weighted by Gasteiger charge is 2.13. The van der Waals surface area contributed by atoms with Crippen LogP contribution in [0.15, 0.2) is 12.1 Å². The quantitative estimate of drug-likeness (QED) is 0.371. The van der Waals surface area contributed by atoms with Gasteiger partial charge in [0.2, 0.25) is 0 Å². The van der Waals surface area contributed by atoms with Crippen LogP contribution in [0.4, 0.5) is 17.1 Å². The lowest BCUT2D eigenvalue weighted by Gasteiger charge is -2.03. The molecule has 5 nitrogen and oxygen atoms in total. The molecule has 1 rings (SSSR count). The standard InChI is InChI=1S/C7H9N3O2/c1-4-5(8)2-3-6(7(4)9)10(11)12/h2-3H,8-9H2,1H3. The van der Waals surface area contributed by atoms with E-state index in [1.54, 1.807) is 6.92 Å². The van der Waals surface area contributed by atoms with Crippen molar-refractivity contribution in [3.05, 3.63) is 27.8 Å². The van der Waals surface area contributed by atoms with E-state index in [0.717, 1.165) is 0 Å². The second-order valence-corrected chi connectivity index (χ2v) is 2.47. The minimum Gasteiger partial charge on any atom is -0.398 e. The van der Waals surface area contributed by atoms with E-state index in [4.69, 9.17) is 11.5 Å². The zero-order valence-corrected chi connectivity index (χ0v) is 6.57. The Morgan fingerprint density at radius 3 is 2.50 bits per heavy atom. The number of nitrogen functional groups attached to an aromatic ring is 2. The Labute approximate surface area is 69.1 Å². The highest BCUT2D eigenvalue weighted by Crippen LogP contribution is 2.28. The molecule has 0 aromatic heterocycles. The number of hydrogen-bond acceptors (Lipinski definition) is 4. The van der Waals surface area contributed by atoms with Crippen molar-refractivity contribution in [3.63, 3.8) is 0 Å². The first-order valence-electron chi connectivity index (χ1n) is 3.33. The van der Waals surface area contributed by atoms with Crippen LogP contribution in [0.25, 0.3) is 0 Å². The largest absolute Gasteiger partial charge is 0.398 e. The van der Waals surface area contributed by atoms with Gasteiger partial charge in [-0.2, -0.15) is 0 Å². The van der Waals surface area contributed by atoms with E-state index in [1.165, 1.54) is 12.1 Å². The van der Waals surface area contributed by atoms with Gasteiger partial charge in [-0.15, -0.1) is 0 Å². The third kappa shape index (κ3) is 1.16. The molecule has 0 bridgehead atoms. The van der Waals surface area contributed by atoms with Crippen LogP contribution in [0.1, 0.15) is 5.56 Å². The second-order valence-electron chi connectivity index (χ2n) is 2.47. The molecule has 0 radical (unpaired) electrons. The van der Waals surface area contributed by atoms with Crippen LogP contribution < -0.4 is 11.5 Å². The number of hydrogen-bond donors (Lipinski definition) is 2. The van der Waals surface area contributed by atoms with Crippen molar-refractivity contribution in [2.45, 2.75) is 6.92 Å². The van der Waals surface area contributed by atoms with E-state index >= 15 is 0 Å². The minimum absolute atomic E-state index is 0.0956. The number of nitrogens with zero attached hydrogens (tertiary/aromatic N) is 1. The lowest BCUT2D eigenvalue weighted by Crippen LogP contribution is -2.00. The first kappa shape index (κ1) is 8.32. The zero-order valence-electron chi connectivity index (χ0n) is 6.57. The minimum atomic E-state index is -0.526. The summed E-state index contributed by atoms with van der Waals surface area (Å²) in [5.41, 5.74) is 12.0. The molecule has 0 atom stereocenters. The van der Waals surface area contributed by atoms with Gasteiger partial charge in [-0.3, -0.25) is 10.1 Å². The molecule has 0 heterocycles. The van der Waals surface area contributed by atoms with Gasteiger partial charge in [0.1, 0.15) is 5.69 Å². The lowest BCUT2D eigenvalue weighted by molar-refractivity contribution is -0.383. The Bertz CT molecular complexity index is 336. The molecule has 0 unspecified atom stereocenters. The predicted molar refractivity (Wildman–Crippen MR) is 46.7 cm³/mol. The summed E-state index contributed by atoms with van der Waals surface area (Å²) in [7, 11) is 0. The van der Waals surface area contributed by atoms with Crippen molar-refractivity contribution in [1.82, 2.24) is 0 Å². The molecule has 12 heavy (non-hydrogen) atoms. The summed E-state index contributed by atoms with van der Waals surface area (Å²) in [6.45, 7) is 1.65. The van der Waals surface area contributed by atoms with Crippen molar-refractivity contribution in [1.29, 1.82) is 0 Å². The molecule has 5 heteroatoms. The highest BCUT2D eigenvalue weighted by atomic mass is 16.6. The van der Waals surface area contributed by atoms with Crippen LogP contribution in [0, 0.1) is 17.0 Å². The summed E-state index contributed by atoms with van der Waals surface area (Å²) in [4.78, 5) is 9.84. The second kappa shape index (κ2) is 2.69. The molecule has 0 saturated carbocycles. The number of nitro benzene ring substituents is 1. The van der Waals surface area contributed by atoms with E-state index in [9.17, 15) is 10.1 Å². The molecule has 0 aliphatic heterocycles. The van der Waals surface area contributed by atoms with Crippen LogP contribution in [0.5, 0.6) is 0 Å². The summed E-state index contributed by atoms with van der Waals surface area (Å²) < 4.78 is 0. The van der Waals surface area contributed by atoms with Crippen LogP contribution >= 0.6 is 0 Å². The Hall–Kier alpha value is -1.78. The van der Waals surface area contributed by atoms with Gasteiger partial charge in [0.15, 0.2) is 0 Å². The summed E-state index contributed by atoms with van der Waals surface area (Å²) in [6, 6.07) is 2.78. The third-order valence-corrected chi connectivity index (χ3v) is 1.73. The number of nitrogens with two attached hydrogens (primary N) is 2. The van der Waals surface area contributed by atoms with Gasteiger partial charge in [0.25, 0.3) is 5.69 Å². The van der Waals surface area contributed by atoms with Gasteiger partial charge in [-0.1, -0.05) is 0 Å². The molecule has 4 N–H and O–H groups in total. The molecule has 0 fully saturated rings. The molecule has 0 aliphatic carbocycles. The van der Waals surface area contributed by atoms with Crippen molar-refractivity contribution in [2.75, 3.05) is 11.5 Å². The zero-order chi connectivity index (χ0) is 9.30. The van der Waals surface area contributed by atoms with Gasteiger partial charge < -0.3 is 11.5 Å². The summed E-state index contributed by atoms with van der Waals surface area (Å²) in [5, 5.41) is 10.4. The molecular formula is C7H9N3O2. The summed E-state index contributed by atoms with van der Waals surface area (Å²) in [6.07, 6.45) is 0. The van der Waals surface area contributed by atoms with Crippen LogP contribution in [-0.2, 0) is 0 Å². The highest BCUT2D eigenvalue weighted by molar-refractivity contribution is 5.70. The normalized spacial score (nSPS) is 9.75. The fourth-order valence-electron chi connectivity index (χ4n) is 0.890. The molecule has 0 amide bonds. The maximum atomic E-state index is 10.4.